The third kappa shape index (κ3) is 3.35. The van der Waals surface area contributed by atoms with Crippen LogP contribution < -0.4 is 0 Å². The highest BCUT2D eigenvalue weighted by Crippen LogP contribution is 2.32. The van der Waals surface area contributed by atoms with Gasteiger partial charge in [0.2, 0.25) is 0 Å². The molecule has 0 atom stereocenters. The van der Waals surface area contributed by atoms with E-state index in [2.05, 4.69) is 5.10 Å². The van der Waals surface area contributed by atoms with Crippen molar-refractivity contribution in [3.8, 4) is 5.69 Å². The van der Waals surface area contributed by atoms with Gasteiger partial charge in [-0.25, -0.2) is 9.07 Å². The van der Waals surface area contributed by atoms with E-state index < -0.39 is 0 Å². The van der Waals surface area contributed by atoms with E-state index in [9.17, 15) is 9.18 Å². The van der Waals surface area contributed by atoms with E-state index in [1.165, 1.54) is 6.07 Å². The Balaban J connectivity index is 1.63. The summed E-state index contributed by atoms with van der Waals surface area (Å²) in [5.74, 6) is -0.512. The predicted octanol–water partition coefficient (Wildman–Crippen LogP) is 4.47. The molecule has 4 nitrogen and oxygen atoms in total. The van der Waals surface area contributed by atoms with Crippen LogP contribution >= 0.6 is 11.6 Å². The van der Waals surface area contributed by atoms with Crippen molar-refractivity contribution in [1.29, 1.82) is 0 Å². The number of carbonyl (C=O) groups excluding carboxylic acids is 1. The molecule has 1 aliphatic rings. The maximum Gasteiger partial charge on any atom is 0.254 e. The van der Waals surface area contributed by atoms with E-state index in [0.29, 0.717) is 16.1 Å². The molecule has 1 aromatic heterocycles. The highest BCUT2D eigenvalue weighted by Gasteiger charge is 2.34. The Kier molecular flexibility index (Phi) is 4.47. The molecule has 0 spiro atoms. The second-order valence-electron chi connectivity index (χ2n) is 6.37. The minimum Gasteiger partial charge on any atom is -0.331 e. The van der Waals surface area contributed by atoms with Crippen LogP contribution in [0.1, 0.15) is 28.8 Å². The second kappa shape index (κ2) is 6.92. The molecule has 6 heteroatoms. The Hall–Kier alpha value is -2.66. The number of benzene rings is 2. The molecule has 2 aromatic carbocycles. The summed E-state index contributed by atoms with van der Waals surface area (Å²) in [7, 11) is 0. The molecule has 0 radical (unpaired) electrons. The maximum atomic E-state index is 14.2. The summed E-state index contributed by atoms with van der Waals surface area (Å²) in [4.78, 5) is 14.8. The Morgan fingerprint density at radius 3 is 2.73 bits per heavy atom. The van der Waals surface area contributed by atoms with Gasteiger partial charge in [0.1, 0.15) is 5.82 Å². The van der Waals surface area contributed by atoms with Crippen molar-refractivity contribution in [1.82, 2.24) is 14.7 Å². The van der Waals surface area contributed by atoms with Crippen LogP contribution in [0.2, 0.25) is 5.02 Å². The predicted molar refractivity (Wildman–Crippen MR) is 97.9 cm³/mol. The van der Waals surface area contributed by atoms with Crippen LogP contribution in [0.5, 0.6) is 0 Å². The van der Waals surface area contributed by atoms with Crippen LogP contribution in [0.4, 0.5) is 4.39 Å². The van der Waals surface area contributed by atoms with Crippen LogP contribution in [-0.4, -0.2) is 26.6 Å². The number of hydrogen-bond donors (Lipinski definition) is 0. The molecule has 0 N–H and O–H groups in total. The van der Waals surface area contributed by atoms with Gasteiger partial charge in [-0.05, 0) is 49.2 Å². The number of halogens is 2. The van der Waals surface area contributed by atoms with E-state index in [4.69, 9.17) is 11.6 Å². The Morgan fingerprint density at radius 2 is 2.04 bits per heavy atom. The molecule has 1 heterocycles. The van der Waals surface area contributed by atoms with Gasteiger partial charge in [0, 0.05) is 34.6 Å². The van der Waals surface area contributed by atoms with E-state index in [1.54, 1.807) is 40.0 Å². The summed E-state index contributed by atoms with van der Waals surface area (Å²) in [6.45, 7) is 0.168. The fraction of sp³-hybridized carbons (Fsp3) is 0.200. The fourth-order valence-corrected chi connectivity index (χ4v) is 3.20. The molecule has 0 bridgehead atoms. The first-order valence-corrected chi connectivity index (χ1v) is 8.85. The lowest BCUT2D eigenvalue weighted by molar-refractivity contribution is 0.0728. The van der Waals surface area contributed by atoms with Gasteiger partial charge in [-0.2, -0.15) is 5.10 Å². The molecular weight excluding hydrogens is 353 g/mol. The van der Waals surface area contributed by atoms with Crippen molar-refractivity contribution in [3.63, 3.8) is 0 Å². The van der Waals surface area contributed by atoms with Gasteiger partial charge in [0.15, 0.2) is 0 Å². The van der Waals surface area contributed by atoms with Crippen LogP contribution in [0.25, 0.3) is 5.69 Å². The maximum absolute atomic E-state index is 14.2. The molecule has 4 rings (SSSR count). The molecular formula is C20H17ClFN3O. The number of rotatable bonds is 5. The van der Waals surface area contributed by atoms with E-state index >= 15 is 0 Å². The van der Waals surface area contributed by atoms with E-state index in [0.717, 1.165) is 18.5 Å². The van der Waals surface area contributed by atoms with Crippen molar-refractivity contribution in [2.45, 2.75) is 25.4 Å². The Labute approximate surface area is 155 Å². The van der Waals surface area contributed by atoms with Gasteiger partial charge in [-0.3, -0.25) is 4.79 Å². The summed E-state index contributed by atoms with van der Waals surface area (Å²) in [5.41, 5.74) is 1.72. The summed E-state index contributed by atoms with van der Waals surface area (Å²) in [5, 5.41) is 4.54. The summed E-state index contributed by atoms with van der Waals surface area (Å²) in [6.07, 6.45) is 5.36. The van der Waals surface area contributed by atoms with Crippen LogP contribution in [0, 0.1) is 5.82 Å². The molecule has 3 aromatic rings. The monoisotopic (exact) mass is 369 g/mol. The highest BCUT2D eigenvalue weighted by molar-refractivity contribution is 6.31. The third-order valence-corrected chi connectivity index (χ3v) is 4.85. The van der Waals surface area contributed by atoms with Crippen LogP contribution in [0.15, 0.2) is 60.9 Å². The first kappa shape index (κ1) is 16.8. The first-order valence-electron chi connectivity index (χ1n) is 8.47. The molecule has 1 amide bonds. The SMILES string of the molecule is O=C(c1cccc(-n2cccn2)c1)N(Cc1c(F)cccc1Cl)C1CC1. The van der Waals surface area contributed by atoms with Crippen molar-refractivity contribution in [3.05, 3.63) is 82.9 Å². The van der Waals surface area contributed by atoms with Crippen LogP contribution in [0.3, 0.4) is 0 Å². The van der Waals surface area contributed by atoms with Gasteiger partial charge in [0.05, 0.1) is 12.2 Å². The first-order chi connectivity index (χ1) is 12.6. The van der Waals surface area contributed by atoms with Gasteiger partial charge in [0.25, 0.3) is 5.91 Å². The molecule has 132 valence electrons. The van der Waals surface area contributed by atoms with E-state index in [-0.39, 0.29) is 24.3 Å². The highest BCUT2D eigenvalue weighted by atomic mass is 35.5. The summed E-state index contributed by atoms with van der Waals surface area (Å²) in [6, 6.07) is 13.8. The number of carbonyl (C=O) groups is 1. The largest absolute Gasteiger partial charge is 0.331 e. The van der Waals surface area contributed by atoms with Crippen molar-refractivity contribution in [2.75, 3.05) is 0 Å². The zero-order valence-corrected chi connectivity index (χ0v) is 14.7. The van der Waals surface area contributed by atoms with Crippen molar-refractivity contribution < 1.29 is 9.18 Å². The number of amides is 1. The Morgan fingerprint density at radius 1 is 1.23 bits per heavy atom. The normalized spacial score (nSPS) is 13.6. The zero-order chi connectivity index (χ0) is 18.1. The summed E-state index contributed by atoms with van der Waals surface area (Å²) < 4.78 is 15.9. The smallest absolute Gasteiger partial charge is 0.254 e. The second-order valence-corrected chi connectivity index (χ2v) is 6.77. The number of hydrogen-bond acceptors (Lipinski definition) is 2. The minimum atomic E-state index is -0.388. The van der Waals surface area contributed by atoms with Gasteiger partial charge >= 0.3 is 0 Å². The Bertz CT molecular complexity index is 918. The molecule has 26 heavy (non-hydrogen) atoms. The molecule has 1 aliphatic carbocycles. The number of aromatic nitrogens is 2. The topological polar surface area (TPSA) is 38.1 Å². The molecule has 1 saturated carbocycles. The lowest BCUT2D eigenvalue weighted by atomic mass is 10.1. The fourth-order valence-electron chi connectivity index (χ4n) is 2.98. The third-order valence-electron chi connectivity index (χ3n) is 4.50. The lowest BCUT2D eigenvalue weighted by Gasteiger charge is -2.23. The van der Waals surface area contributed by atoms with Gasteiger partial charge < -0.3 is 4.90 Å². The summed E-state index contributed by atoms with van der Waals surface area (Å²) >= 11 is 6.15. The average molecular weight is 370 g/mol. The standard InChI is InChI=1S/C20H17ClFN3O/c21-18-6-2-7-19(22)17(18)13-24(15-8-9-15)20(26)14-4-1-5-16(12-14)25-11-3-10-23-25/h1-7,10-12,15H,8-9,13H2. The van der Waals surface area contributed by atoms with Crippen molar-refractivity contribution >= 4 is 17.5 Å². The van der Waals surface area contributed by atoms with Gasteiger partial charge in [-0.15, -0.1) is 0 Å². The average Bonchev–Trinajstić information content (AvgIpc) is 3.33. The number of nitrogens with zero attached hydrogens (tertiary/aromatic N) is 3. The van der Waals surface area contributed by atoms with Crippen LogP contribution in [-0.2, 0) is 6.54 Å². The molecule has 0 unspecified atom stereocenters. The molecule has 1 fully saturated rings. The molecule has 0 aliphatic heterocycles. The quantitative estimate of drug-likeness (QED) is 0.665. The van der Waals surface area contributed by atoms with Gasteiger partial charge in [-0.1, -0.05) is 23.7 Å². The zero-order valence-electron chi connectivity index (χ0n) is 14.0. The minimum absolute atomic E-state index is 0.124. The molecule has 0 saturated heterocycles. The van der Waals surface area contributed by atoms with E-state index in [1.807, 2.05) is 24.4 Å². The lowest BCUT2D eigenvalue weighted by Crippen LogP contribution is -2.33. The van der Waals surface area contributed by atoms with Crippen molar-refractivity contribution in [2.24, 2.45) is 0 Å².